The Morgan fingerprint density at radius 1 is 1.32 bits per heavy atom. The molecule has 0 aliphatic heterocycles. The van der Waals surface area contributed by atoms with Crippen molar-refractivity contribution in [2.45, 2.75) is 44.0 Å². The van der Waals surface area contributed by atoms with Crippen LogP contribution in [0.1, 0.15) is 36.0 Å². The molecule has 122 valence electrons. The molecule has 1 aromatic heterocycles. The van der Waals surface area contributed by atoms with E-state index in [1.54, 1.807) is 6.07 Å². The van der Waals surface area contributed by atoms with Gasteiger partial charge in [0.1, 0.15) is 12.2 Å². The Morgan fingerprint density at radius 2 is 2.00 bits per heavy atom. The highest BCUT2D eigenvalue weighted by molar-refractivity contribution is 5.93. The molecular formula is C14H17F3N2O3. The second-order valence-electron chi connectivity index (χ2n) is 5.29. The summed E-state index contributed by atoms with van der Waals surface area (Å²) < 4.78 is 41.0. The molecule has 0 unspecified atom stereocenters. The van der Waals surface area contributed by atoms with Gasteiger partial charge in [-0.1, -0.05) is 0 Å². The number of aromatic nitrogens is 1. The number of ether oxygens (including phenoxy) is 1. The first-order valence-corrected chi connectivity index (χ1v) is 7.02. The summed E-state index contributed by atoms with van der Waals surface area (Å²) in [6, 6.07) is 2.82. The fraction of sp³-hybridized carbons (Fsp3) is 0.571. The Labute approximate surface area is 124 Å². The molecule has 0 aromatic carbocycles. The molecule has 1 heterocycles. The number of amides is 1. The maximum atomic E-state index is 12.1. The van der Waals surface area contributed by atoms with E-state index in [1.807, 2.05) is 0 Å². The summed E-state index contributed by atoms with van der Waals surface area (Å²) in [5.41, 5.74) is -0.444. The van der Waals surface area contributed by atoms with E-state index in [9.17, 15) is 22.8 Å². The molecule has 1 amide bonds. The molecule has 1 fully saturated rings. The summed E-state index contributed by atoms with van der Waals surface area (Å²) in [7, 11) is 0. The molecule has 0 bridgehead atoms. The van der Waals surface area contributed by atoms with Crippen LogP contribution in [0, 0.1) is 0 Å². The summed E-state index contributed by atoms with van der Waals surface area (Å²) >= 11 is 0. The van der Waals surface area contributed by atoms with Crippen LogP contribution in [0.15, 0.2) is 23.1 Å². The Morgan fingerprint density at radius 3 is 2.59 bits per heavy atom. The lowest BCUT2D eigenvalue weighted by molar-refractivity contribution is -0.188. The summed E-state index contributed by atoms with van der Waals surface area (Å²) in [5, 5.41) is 2.73. The molecule has 2 N–H and O–H groups in total. The zero-order valence-electron chi connectivity index (χ0n) is 11.8. The zero-order valence-corrected chi connectivity index (χ0v) is 11.8. The maximum absolute atomic E-state index is 12.1. The quantitative estimate of drug-likeness (QED) is 0.892. The highest BCUT2D eigenvalue weighted by atomic mass is 19.4. The zero-order chi connectivity index (χ0) is 16.2. The van der Waals surface area contributed by atoms with Gasteiger partial charge in [0.05, 0.1) is 6.10 Å². The molecule has 5 nitrogen and oxygen atoms in total. The predicted molar refractivity (Wildman–Crippen MR) is 72.6 cm³/mol. The monoisotopic (exact) mass is 318 g/mol. The number of hydrogen-bond donors (Lipinski definition) is 2. The van der Waals surface area contributed by atoms with Crippen molar-refractivity contribution in [1.82, 2.24) is 10.3 Å². The molecule has 1 aromatic rings. The number of carbonyl (C=O) groups is 1. The molecule has 0 saturated heterocycles. The predicted octanol–water partition coefficient (Wildman–Crippen LogP) is 1.99. The maximum Gasteiger partial charge on any atom is 0.411 e. The van der Waals surface area contributed by atoms with Gasteiger partial charge in [0.15, 0.2) is 0 Å². The number of pyridine rings is 1. The first-order valence-electron chi connectivity index (χ1n) is 7.02. The Balaban J connectivity index is 1.79. The van der Waals surface area contributed by atoms with Crippen molar-refractivity contribution in [2.75, 3.05) is 6.61 Å². The Hall–Kier alpha value is -1.83. The Bertz CT molecular complexity index is 563. The molecule has 1 aliphatic rings. The van der Waals surface area contributed by atoms with E-state index < -0.39 is 30.4 Å². The number of rotatable bonds is 4. The summed E-state index contributed by atoms with van der Waals surface area (Å²) in [6.07, 6.45) is -1.37. The van der Waals surface area contributed by atoms with E-state index in [4.69, 9.17) is 4.74 Å². The largest absolute Gasteiger partial charge is 0.411 e. The topological polar surface area (TPSA) is 71.2 Å². The van der Waals surface area contributed by atoms with Gasteiger partial charge in [-0.15, -0.1) is 0 Å². The third-order valence-corrected chi connectivity index (χ3v) is 3.55. The van der Waals surface area contributed by atoms with Crippen LogP contribution in [0.25, 0.3) is 0 Å². The van der Waals surface area contributed by atoms with Gasteiger partial charge in [0, 0.05) is 12.2 Å². The van der Waals surface area contributed by atoms with Gasteiger partial charge in [-0.25, -0.2) is 0 Å². The number of carbonyl (C=O) groups excluding carboxylic acids is 1. The molecule has 0 spiro atoms. The second-order valence-corrected chi connectivity index (χ2v) is 5.29. The van der Waals surface area contributed by atoms with Crippen molar-refractivity contribution in [2.24, 2.45) is 0 Å². The highest BCUT2D eigenvalue weighted by Gasteiger charge is 2.31. The number of H-pyrrole nitrogens is 1. The van der Waals surface area contributed by atoms with Crippen LogP contribution < -0.4 is 10.9 Å². The summed E-state index contributed by atoms with van der Waals surface area (Å²) in [4.78, 5) is 25.9. The van der Waals surface area contributed by atoms with Gasteiger partial charge in [0.25, 0.3) is 11.5 Å². The van der Waals surface area contributed by atoms with Crippen LogP contribution in [-0.2, 0) is 4.74 Å². The molecular weight excluding hydrogens is 301 g/mol. The van der Waals surface area contributed by atoms with Crippen LogP contribution in [0.3, 0.4) is 0 Å². The Kier molecular flexibility index (Phi) is 5.23. The third-order valence-electron chi connectivity index (χ3n) is 3.55. The van der Waals surface area contributed by atoms with E-state index in [2.05, 4.69) is 10.3 Å². The van der Waals surface area contributed by atoms with Gasteiger partial charge >= 0.3 is 6.18 Å². The molecule has 0 atom stereocenters. The number of nitrogens with one attached hydrogen (secondary N) is 2. The van der Waals surface area contributed by atoms with Crippen molar-refractivity contribution in [3.8, 4) is 0 Å². The van der Waals surface area contributed by atoms with E-state index in [1.165, 1.54) is 12.3 Å². The SMILES string of the molecule is O=C(NC1CCC(OCC(F)(F)F)CC1)c1ccc[nH]c1=O. The van der Waals surface area contributed by atoms with Crippen LogP contribution in [0.4, 0.5) is 13.2 Å². The minimum absolute atomic E-state index is 0.0259. The van der Waals surface area contributed by atoms with Crippen molar-refractivity contribution < 1.29 is 22.7 Å². The van der Waals surface area contributed by atoms with Gasteiger partial charge in [0.2, 0.25) is 0 Å². The van der Waals surface area contributed by atoms with Crippen LogP contribution >= 0.6 is 0 Å². The average Bonchev–Trinajstić information content (AvgIpc) is 2.46. The van der Waals surface area contributed by atoms with Gasteiger partial charge in [-0.05, 0) is 37.8 Å². The number of aromatic amines is 1. The van der Waals surface area contributed by atoms with Crippen molar-refractivity contribution in [3.63, 3.8) is 0 Å². The van der Waals surface area contributed by atoms with Crippen LogP contribution in [0.2, 0.25) is 0 Å². The summed E-state index contributed by atoms with van der Waals surface area (Å²) in [5.74, 6) is -0.471. The molecule has 0 radical (unpaired) electrons. The molecule has 1 aliphatic carbocycles. The van der Waals surface area contributed by atoms with Gasteiger partial charge in [-0.2, -0.15) is 13.2 Å². The first-order chi connectivity index (χ1) is 10.3. The van der Waals surface area contributed by atoms with E-state index in [0.29, 0.717) is 25.7 Å². The fourth-order valence-corrected chi connectivity index (χ4v) is 2.45. The number of hydrogen-bond acceptors (Lipinski definition) is 3. The normalized spacial score (nSPS) is 22.3. The highest BCUT2D eigenvalue weighted by Crippen LogP contribution is 2.24. The van der Waals surface area contributed by atoms with Crippen molar-refractivity contribution >= 4 is 5.91 Å². The van der Waals surface area contributed by atoms with Gasteiger partial charge in [-0.3, -0.25) is 9.59 Å². The lowest BCUT2D eigenvalue weighted by atomic mass is 9.92. The lowest BCUT2D eigenvalue weighted by Crippen LogP contribution is -2.41. The summed E-state index contributed by atoms with van der Waals surface area (Å²) in [6.45, 7) is -1.24. The number of alkyl halides is 3. The third kappa shape index (κ3) is 4.87. The van der Waals surface area contributed by atoms with E-state index in [-0.39, 0.29) is 11.6 Å². The van der Waals surface area contributed by atoms with E-state index >= 15 is 0 Å². The van der Waals surface area contributed by atoms with Crippen molar-refractivity contribution in [1.29, 1.82) is 0 Å². The average molecular weight is 318 g/mol. The minimum atomic E-state index is -4.32. The second kappa shape index (κ2) is 6.95. The minimum Gasteiger partial charge on any atom is -0.369 e. The standard InChI is InChI=1S/C14H17F3N2O3/c15-14(16,17)8-22-10-5-3-9(4-6-10)19-13(21)11-2-1-7-18-12(11)20/h1-2,7,9-10H,3-6,8H2,(H,18,20)(H,19,21). The van der Waals surface area contributed by atoms with E-state index in [0.717, 1.165) is 0 Å². The fourth-order valence-electron chi connectivity index (χ4n) is 2.45. The van der Waals surface area contributed by atoms with Crippen molar-refractivity contribution in [3.05, 3.63) is 34.2 Å². The first kappa shape index (κ1) is 16.5. The lowest BCUT2D eigenvalue weighted by Gasteiger charge is -2.29. The van der Waals surface area contributed by atoms with Gasteiger partial charge < -0.3 is 15.0 Å². The smallest absolute Gasteiger partial charge is 0.369 e. The molecule has 8 heteroatoms. The van der Waals surface area contributed by atoms with Crippen LogP contribution in [-0.4, -0.2) is 35.8 Å². The molecule has 22 heavy (non-hydrogen) atoms. The number of halogens is 3. The molecule has 1 saturated carbocycles. The van der Waals surface area contributed by atoms with Crippen LogP contribution in [0.5, 0.6) is 0 Å². The molecule has 2 rings (SSSR count).